The fourth-order valence-electron chi connectivity index (χ4n) is 3.73. The van der Waals surface area contributed by atoms with Crippen LogP contribution in [0.1, 0.15) is 36.3 Å². The number of nitrogens with two attached hydrogens (primary N) is 1. The molecule has 1 saturated heterocycles. The Bertz CT molecular complexity index is 760. The van der Waals surface area contributed by atoms with Gasteiger partial charge in [-0.15, -0.1) is 0 Å². The van der Waals surface area contributed by atoms with Crippen LogP contribution < -0.4 is 5.73 Å². The summed E-state index contributed by atoms with van der Waals surface area (Å²) in [6.45, 7) is 4.40. The average molecular weight is 353 g/mol. The Hall–Kier alpha value is -2.38. The summed E-state index contributed by atoms with van der Waals surface area (Å²) >= 11 is 0. The van der Waals surface area contributed by atoms with E-state index in [2.05, 4.69) is 4.98 Å². The van der Waals surface area contributed by atoms with Crippen molar-refractivity contribution in [2.24, 2.45) is 16.6 Å². The van der Waals surface area contributed by atoms with Crippen LogP contribution in [0, 0.1) is 10.8 Å². The van der Waals surface area contributed by atoms with E-state index >= 15 is 0 Å². The SMILES string of the molecule is CC1(C)CC2(C=C(N)C1=O)CN(C(=O)c1ccc(C(F)(F)F)nc1)C2. The molecular weight excluding hydrogens is 335 g/mol. The first-order chi connectivity index (χ1) is 11.4. The predicted molar refractivity (Wildman–Crippen MR) is 83.3 cm³/mol. The number of alkyl halides is 3. The molecule has 2 N–H and O–H groups in total. The van der Waals surface area contributed by atoms with Crippen LogP contribution in [0.5, 0.6) is 0 Å². The number of allylic oxidation sites excluding steroid dienone is 1. The van der Waals surface area contributed by atoms with Crippen LogP contribution in [0.15, 0.2) is 30.1 Å². The lowest BCUT2D eigenvalue weighted by atomic mass is 9.62. The third kappa shape index (κ3) is 3.01. The van der Waals surface area contributed by atoms with Gasteiger partial charge < -0.3 is 10.6 Å². The van der Waals surface area contributed by atoms with E-state index < -0.39 is 17.3 Å². The molecule has 1 aliphatic heterocycles. The van der Waals surface area contributed by atoms with E-state index in [9.17, 15) is 22.8 Å². The number of hydrogen-bond acceptors (Lipinski definition) is 4. The van der Waals surface area contributed by atoms with E-state index in [0.717, 1.165) is 18.3 Å². The quantitative estimate of drug-likeness (QED) is 0.841. The summed E-state index contributed by atoms with van der Waals surface area (Å²) < 4.78 is 37.6. The van der Waals surface area contributed by atoms with Crippen molar-refractivity contribution in [3.05, 3.63) is 41.4 Å². The van der Waals surface area contributed by atoms with E-state index in [-0.39, 0.29) is 28.4 Å². The lowest BCUT2D eigenvalue weighted by Gasteiger charge is -2.53. The van der Waals surface area contributed by atoms with Crippen molar-refractivity contribution in [3.8, 4) is 0 Å². The van der Waals surface area contributed by atoms with Gasteiger partial charge in [-0.25, -0.2) is 0 Å². The molecule has 0 atom stereocenters. The highest BCUT2D eigenvalue weighted by molar-refractivity contribution is 6.00. The Balaban J connectivity index is 1.72. The Morgan fingerprint density at radius 3 is 2.40 bits per heavy atom. The summed E-state index contributed by atoms with van der Waals surface area (Å²) in [5.41, 5.74) is 4.15. The molecule has 1 spiro atoms. The van der Waals surface area contributed by atoms with E-state index in [4.69, 9.17) is 5.73 Å². The monoisotopic (exact) mass is 353 g/mol. The first-order valence-electron chi connectivity index (χ1n) is 7.79. The van der Waals surface area contributed by atoms with Crippen molar-refractivity contribution in [1.82, 2.24) is 9.88 Å². The summed E-state index contributed by atoms with van der Waals surface area (Å²) in [6, 6.07) is 1.92. The van der Waals surface area contributed by atoms with Gasteiger partial charge in [0.05, 0.1) is 11.3 Å². The van der Waals surface area contributed by atoms with Gasteiger partial charge in [0.1, 0.15) is 5.69 Å². The molecule has 1 aromatic heterocycles. The van der Waals surface area contributed by atoms with Crippen molar-refractivity contribution in [2.75, 3.05) is 13.1 Å². The van der Waals surface area contributed by atoms with Gasteiger partial charge in [-0.05, 0) is 24.6 Å². The minimum absolute atomic E-state index is 0.102. The molecule has 1 aromatic rings. The summed E-state index contributed by atoms with van der Waals surface area (Å²) in [5, 5.41) is 0. The van der Waals surface area contributed by atoms with Crippen molar-refractivity contribution < 1.29 is 22.8 Å². The molecule has 0 saturated carbocycles. The molecule has 0 radical (unpaired) electrons. The molecule has 0 bridgehead atoms. The van der Waals surface area contributed by atoms with Crippen molar-refractivity contribution >= 4 is 11.7 Å². The first kappa shape index (κ1) is 17.4. The van der Waals surface area contributed by atoms with Crippen molar-refractivity contribution in [2.45, 2.75) is 26.4 Å². The zero-order valence-electron chi connectivity index (χ0n) is 13.9. The number of rotatable bonds is 1. The van der Waals surface area contributed by atoms with Crippen LogP contribution in [0.25, 0.3) is 0 Å². The Morgan fingerprint density at radius 2 is 1.92 bits per heavy atom. The summed E-state index contributed by atoms with van der Waals surface area (Å²) in [6.07, 6.45) is -1.30. The molecule has 3 rings (SSSR count). The Kier molecular flexibility index (Phi) is 3.70. The second kappa shape index (κ2) is 5.31. The molecule has 134 valence electrons. The highest BCUT2D eigenvalue weighted by Gasteiger charge is 2.51. The molecule has 8 heteroatoms. The fourth-order valence-corrected chi connectivity index (χ4v) is 3.73. The van der Waals surface area contributed by atoms with Gasteiger partial charge in [0.25, 0.3) is 5.91 Å². The molecule has 1 fully saturated rings. The molecule has 0 unspecified atom stereocenters. The molecule has 2 heterocycles. The predicted octanol–water partition coefficient (Wildman–Crippen LogP) is 2.38. The average Bonchev–Trinajstić information content (AvgIpc) is 2.48. The van der Waals surface area contributed by atoms with Crippen LogP contribution in [-0.2, 0) is 11.0 Å². The van der Waals surface area contributed by atoms with Gasteiger partial charge in [-0.3, -0.25) is 14.6 Å². The highest BCUT2D eigenvalue weighted by atomic mass is 19.4. The third-order valence-corrected chi connectivity index (χ3v) is 4.73. The highest BCUT2D eigenvalue weighted by Crippen LogP contribution is 2.47. The molecule has 1 aliphatic carbocycles. The maximum absolute atomic E-state index is 12.5. The number of amides is 1. The standard InChI is InChI=1S/C17H18F3N3O2/c1-15(2)7-16(5-11(21)13(15)24)8-23(9-16)14(25)10-3-4-12(22-6-10)17(18,19)20/h3-6H,7-9,21H2,1-2H3. The van der Waals surface area contributed by atoms with Gasteiger partial charge in [0.2, 0.25) is 0 Å². The zero-order chi connectivity index (χ0) is 18.6. The third-order valence-electron chi connectivity index (χ3n) is 4.73. The Labute approximate surface area is 142 Å². The van der Waals surface area contributed by atoms with Crippen LogP contribution in [0.4, 0.5) is 13.2 Å². The second-order valence-corrected chi connectivity index (χ2v) is 7.44. The van der Waals surface area contributed by atoms with E-state index in [1.165, 1.54) is 4.90 Å². The number of ketones is 1. The number of nitrogens with zero attached hydrogens (tertiary/aromatic N) is 2. The molecule has 1 amide bonds. The van der Waals surface area contributed by atoms with Gasteiger partial charge in [0.15, 0.2) is 5.78 Å². The first-order valence-corrected chi connectivity index (χ1v) is 7.79. The molecular formula is C17H18F3N3O2. The smallest absolute Gasteiger partial charge is 0.396 e. The van der Waals surface area contributed by atoms with Crippen LogP contribution >= 0.6 is 0 Å². The van der Waals surface area contributed by atoms with Crippen LogP contribution in [0.3, 0.4) is 0 Å². The lowest BCUT2D eigenvalue weighted by molar-refractivity contribution is -0.141. The number of carbonyl (C=O) groups is 2. The minimum atomic E-state index is -4.54. The van der Waals surface area contributed by atoms with Crippen molar-refractivity contribution in [1.29, 1.82) is 0 Å². The van der Waals surface area contributed by atoms with Crippen molar-refractivity contribution in [3.63, 3.8) is 0 Å². The number of carbonyl (C=O) groups excluding carboxylic acids is 2. The molecule has 2 aliphatic rings. The maximum atomic E-state index is 12.5. The van der Waals surface area contributed by atoms with Crippen LogP contribution in [0.2, 0.25) is 0 Å². The number of Topliss-reactive ketones (excluding diaryl/α,β-unsaturated/α-hetero) is 1. The fraction of sp³-hybridized carbons (Fsp3) is 0.471. The summed E-state index contributed by atoms with van der Waals surface area (Å²) in [4.78, 5) is 29.3. The number of likely N-dealkylation sites (tertiary alicyclic amines) is 1. The molecule has 5 nitrogen and oxygen atoms in total. The molecule has 0 aromatic carbocycles. The number of hydrogen-bond donors (Lipinski definition) is 1. The van der Waals surface area contributed by atoms with E-state index in [1.807, 2.05) is 13.8 Å². The summed E-state index contributed by atoms with van der Waals surface area (Å²) in [5.74, 6) is -0.483. The topological polar surface area (TPSA) is 76.3 Å². The normalized spacial score (nSPS) is 21.7. The lowest BCUT2D eigenvalue weighted by Crippen LogP contribution is -2.61. The second-order valence-electron chi connectivity index (χ2n) is 7.44. The zero-order valence-corrected chi connectivity index (χ0v) is 13.9. The van der Waals surface area contributed by atoms with Gasteiger partial charge in [0, 0.05) is 30.1 Å². The van der Waals surface area contributed by atoms with E-state index in [0.29, 0.717) is 19.5 Å². The summed E-state index contributed by atoms with van der Waals surface area (Å²) in [7, 11) is 0. The maximum Gasteiger partial charge on any atom is 0.433 e. The van der Waals surface area contributed by atoms with Gasteiger partial charge in [-0.1, -0.05) is 13.8 Å². The number of pyridine rings is 1. The van der Waals surface area contributed by atoms with Gasteiger partial charge in [-0.2, -0.15) is 13.2 Å². The van der Waals surface area contributed by atoms with E-state index in [1.54, 1.807) is 6.08 Å². The Morgan fingerprint density at radius 1 is 1.28 bits per heavy atom. The molecule has 25 heavy (non-hydrogen) atoms. The number of halogens is 3. The van der Waals surface area contributed by atoms with Crippen LogP contribution in [-0.4, -0.2) is 34.7 Å². The largest absolute Gasteiger partial charge is 0.433 e. The van der Waals surface area contributed by atoms with Gasteiger partial charge >= 0.3 is 6.18 Å². The minimum Gasteiger partial charge on any atom is -0.396 e. The number of aromatic nitrogens is 1.